The quantitative estimate of drug-likeness (QED) is 0.203. The lowest BCUT2D eigenvalue weighted by Crippen LogP contribution is -2.47. The molecule has 0 saturated heterocycles. The van der Waals surface area contributed by atoms with Crippen molar-refractivity contribution in [2.75, 3.05) is 36.5 Å². The number of nitrogens with one attached hydrogen (secondary N) is 1. The molecule has 1 aromatic carbocycles. The molecule has 0 fully saturated rings. The lowest BCUT2D eigenvalue weighted by atomic mass is 9.90. The van der Waals surface area contributed by atoms with Crippen LogP contribution >= 0.6 is 11.3 Å². The molecule has 2 amide bonds. The van der Waals surface area contributed by atoms with Crippen LogP contribution in [0.5, 0.6) is 5.75 Å². The van der Waals surface area contributed by atoms with E-state index in [2.05, 4.69) is 16.4 Å². The fourth-order valence-corrected chi connectivity index (χ4v) is 6.11. The second-order valence-electron chi connectivity index (χ2n) is 11.0. The van der Waals surface area contributed by atoms with E-state index in [9.17, 15) is 14.4 Å². The minimum absolute atomic E-state index is 0.0518. The zero-order valence-corrected chi connectivity index (χ0v) is 25.4. The Morgan fingerprint density at radius 3 is 2.67 bits per heavy atom. The number of carbonyl (C=O) groups is 2. The highest BCUT2D eigenvalue weighted by Gasteiger charge is 2.45. The van der Waals surface area contributed by atoms with Crippen molar-refractivity contribution in [3.8, 4) is 5.75 Å². The van der Waals surface area contributed by atoms with Crippen molar-refractivity contribution >= 4 is 44.6 Å². The van der Waals surface area contributed by atoms with Crippen molar-refractivity contribution in [2.45, 2.75) is 46.7 Å². The Bertz CT molecular complexity index is 1660. The van der Waals surface area contributed by atoms with Gasteiger partial charge in [0.15, 0.2) is 0 Å². The second kappa shape index (κ2) is 12.5. The smallest absolute Gasteiger partial charge is 0.268 e. The number of carbonyl (C=O) groups excluding carboxylic acids is 2. The highest BCUT2D eigenvalue weighted by Crippen LogP contribution is 2.40. The first kappa shape index (κ1) is 29.5. The first-order valence-corrected chi connectivity index (χ1v) is 15.2. The Morgan fingerprint density at radius 1 is 1.02 bits per heavy atom. The largest absolute Gasteiger partial charge is 0.493 e. The summed E-state index contributed by atoms with van der Waals surface area (Å²) in [6, 6.07) is 13.6. The third kappa shape index (κ3) is 5.96. The topological polar surface area (TPSA) is 96.8 Å². The van der Waals surface area contributed by atoms with Gasteiger partial charge in [-0.2, -0.15) is 0 Å². The summed E-state index contributed by atoms with van der Waals surface area (Å²) in [5, 5.41) is 6.39. The zero-order valence-electron chi connectivity index (χ0n) is 24.6. The number of anilines is 2. The number of rotatable bonds is 11. The average Bonchev–Trinajstić information content (AvgIpc) is 3.47. The van der Waals surface area contributed by atoms with Gasteiger partial charge in [-0.1, -0.05) is 0 Å². The van der Waals surface area contributed by atoms with Crippen LogP contribution in [0.3, 0.4) is 0 Å². The number of thiophene rings is 1. The van der Waals surface area contributed by atoms with Crippen molar-refractivity contribution in [1.82, 2.24) is 14.9 Å². The average molecular weight is 588 g/mol. The summed E-state index contributed by atoms with van der Waals surface area (Å²) < 4.78 is 8.55. The first-order valence-electron chi connectivity index (χ1n) is 14.3. The van der Waals surface area contributed by atoms with Crippen molar-refractivity contribution in [2.24, 2.45) is 5.41 Å². The van der Waals surface area contributed by atoms with Crippen molar-refractivity contribution < 1.29 is 14.3 Å². The van der Waals surface area contributed by atoms with Crippen LogP contribution < -0.4 is 25.4 Å². The third-order valence-electron chi connectivity index (χ3n) is 7.70. The molecule has 1 aliphatic rings. The maximum absolute atomic E-state index is 13.1. The van der Waals surface area contributed by atoms with Gasteiger partial charge in [0.25, 0.3) is 5.56 Å². The number of fused-ring (bicyclic) bond motifs is 2. The minimum atomic E-state index is -1.13. The fourth-order valence-electron chi connectivity index (χ4n) is 5.27. The number of amides is 2. The Kier molecular flexibility index (Phi) is 8.74. The molecule has 5 rings (SSSR count). The summed E-state index contributed by atoms with van der Waals surface area (Å²) in [4.78, 5) is 46.5. The highest BCUT2D eigenvalue weighted by atomic mass is 32.1. The van der Waals surface area contributed by atoms with Crippen LogP contribution in [0, 0.1) is 5.41 Å². The van der Waals surface area contributed by atoms with Crippen LogP contribution in [0.15, 0.2) is 65.0 Å². The van der Waals surface area contributed by atoms with E-state index in [1.54, 1.807) is 35.3 Å². The number of aromatic nitrogens is 2. The number of ether oxygens (including phenoxy) is 1. The van der Waals surface area contributed by atoms with Gasteiger partial charge in [-0.3, -0.25) is 19.4 Å². The Balaban J connectivity index is 1.10. The minimum Gasteiger partial charge on any atom is -0.493 e. The fraction of sp³-hybridized carbons (Fsp3) is 0.375. The van der Waals surface area contributed by atoms with Gasteiger partial charge in [0.1, 0.15) is 11.2 Å². The van der Waals surface area contributed by atoms with E-state index in [0.717, 1.165) is 34.3 Å². The van der Waals surface area contributed by atoms with Gasteiger partial charge >= 0.3 is 0 Å². The van der Waals surface area contributed by atoms with Gasteiger partial charge < -0.3 is 24.4 Å². The number of pyridine rings is 2. The van der Waals surface area contributed by atoms with Crippen molar-refractivity contribution in [1.29, 1.82) is 0 Å². The summed E-state index contributed by atoms with van der Waals surface area (Å²) in [5.41, 5.74) is 2.39. The molecule has 0 radical (unpaired) electrons. The standard InChI is InChI=1S/C32H37N5O4S/c1-5-37-26-8-7-25(20-27(26)35(4)30(39)32(2,3)31(37)40)41-17-6-13-33-21-22-9-14-34-24(19-22)11-16-36-15-10-23-12-18-42-28(23)29(36)38/h7-10,12,14-15,18-20,33H,5-6,11,13,16-17,21H2,1-4H3. The van der Waals surface area contributed by atoms with Crippen LogP contribution in [-0.2, 0) is 29.1 Å². The van der Waals surface area contributed by atoms with E-state index >= 15 is 0 Å². The normalized spacial score (nSPS) is 14.8. The third-order valence-corrected chi connectivity index (χ3v) is 8.62. The molecule has 0 spiro atoms. The molecule has 1 N–H and O–H groups in total. The molecule has 1 aliphatic heterocycles. The van der Waals surface area contributed by atoms with Gasteiger partial charge in [0, 0.05) is 57.3 Å². The van der Waals surface area contributed by atoms with Crippen molar-refractivity contribution in [3.05, 3.63) is 81.8 Å². The Hall–Kier alpha value is -4.02. The molecule has 0 unspecified atom stereocenters. The monoisotopic (exact) mass is 587 g/mol. The molecule has 220 valence electrons. The van der Waals surface area contributed by atoms with Crippen LogP contribution in [0.1, 0.15) is 38.4 Å². The molecule has 0 aliphatic carbocycles. The summed E-state index contributed by atoms with van der Waals surface area (Å²) in [5.74, 6) is 0.222. The van der Waals surface area contributed by atoms with Gasteiger partial charge in [-0.25, -0.2) is 0 Å². The Labute approximate surface area is 249 Å². The lowest BCUT2D eigenvalue weighted by Gasteiger charge is -2.27. The SMILES string of the molecule is CCN1C(=O)C(C)(C)C(=O)N(C)c2cc(OCCCNCc3ccnc(CCn4ccc5ccsc5c4=O)c3)ccc21. The van der Waals surface area contributed by atoms with Crippen LogP contribution in [0.2, 0.25) is 0 Å². The van der Waals surface area contributed by atoms with E-state index in [-0.39, 0.29) is 17.4 Å². The molecular formula is C32H37N5O4S. The van der Waals surface area contributed by atoms with Crippen molar-refractivity contribution in [3.63, 3.8) is 0 Å². The van der Waals surface area contributed by atoms with Crippen LogP contribution in [0.25, 0.3) is 10.1 Å². The number of hydrogen-bond acceptors (Lipinski definition) is 7. The summed E-state index contributed by atoms with van der Waals surface area (Å²) in [7, 11) is 1.71. The number of nitrogens with zero attached hydrogens (tertiary/aromatic N) is 4. The summed E-state index contributed by atoms with van der Waals surface area (Å²) >= 11 is 1.48. The van der Waals surface area contributed by atoms with E-state index in [4.69, 9.17) is 4.74 Å². The molecule has 9 nitrogen and oxygen atoms in total. The Morgan fingerprint density at radius 2 is 1.86 bits per heavy atom. The summed E-state index contributed by atoms with van der Waals surface area (Å²) in [6.07, 6.45) is 5.15. The molecule has 0 saturated carbocycles. The van der Waals surface area contributed by atoms with E-state index in [1.165, 1.54) is 11.3 Å². The van der Waals surface area contributed by atoms with Gasteiger partial charge in [-0.05, 0) is 86.5 Å². The van der Waals surface area contributed by atoms with E-state index < -0.39 is 5.41 Å². The number of aryl methyl sites for hydroxylation is 2. The van der Waals surface area contributed by atoms with Gasteiger partial charge in [0.2, 0.25) is 11.8 Å². The molecule has 10 heteroatoms. The first-order chi connectivity index (χ1) is 20.2. The van der Waals surface area contributed by atoms with Gasteiger partial charge in [-0.15, -0.1) is 11.3 Å². The number of benzene rings is 1. The number of hydrogen-bond donors (Lipinski definition) is 1. The maximum Gasteiger partial charge on any atom is 0.268 e. The predicted octanol–water partition coefficient (Wildman–Crippen LogP) is 4.61. The molecule has 42 heavy (non-hydrogen) atoms. The highest BCUT2D eigenvalue weighted by molar-refractivity contribution is 7.17. The molecule has 4 aromatic rings. The van der Waals surface area contributed by atoms with Crippen LogP contribution in [-0.4, -0.2) is 48.1 Å². The molecular weight excluding hydrogens is 550 g/mol. The predicted molar refractivity (Wildman–Crippen MR) is 168 cm³/mol. The maximum atomic E-state index is 13.1. The lowest BCUT2D eigenvalue weighted by molar-refractivity contribution is -0.137. The molecule has 0 bridgehead atoms. The van der Waals surface area contributed by atoms with E-state index in [0.29, 0.717) is 49.8 Å². The second-order valence-corrected chi connectivity index (χ2v) is 11.9. The van der Waals surface area contributed by atoms with E-state index in [1.807, 2.05) is 61.1 Å². The van der Waals surface area contributed by atoms with Gasteiger partial charge in [0.05, 0.1) is 22.7 Å². The zero-order chi connectivity index (χ0) is 29.9. The van der Waals surface area contributed by atoms with Crippen LogP contribution in [0.4, 0.5) is 11.4 Å². The molecule has 4 heterocycles. The molecule has 3 aromatic heterocycles. The molecule has 0 atom stereocenters. The summed E-state index contributed by atoms with van der Waals surface area (Å²) in [6.45, 7) is 8.31.